The highest BCUT2D eigenvalue weighted by Gasteiger charge is 2.45. The molecule has 1 saturated heterocycles. The summed E-state index contributed by atoms with van der Waals surface area (Å²) in [5.41, 5.74) is 6.14. The summed E-state index contributed by atoms with van der Waals surface area (Å²) in [6.07, 6.45) is 12.1. The largest absolute Gasteiger partial charge is 0.369 e. The molecule has 6 nitrogen and oxygen atoms in total. The lowest BCUT2D eigenvalue weighted by Crippen LogP contribution is -2.49. The van der Waals surface area contributed by atoms with Crippen molar-refractivity contribution in [3.63, 3.8) is 0 Å². The first kappa shape index (κ1) is 19.2. The fourth-order valence-electron chi connectivity index (χ4n) is 5.76. The zero-order chi connectivity index (χ0) is 21.0. The Bertz CT molecular complexity index is 1090. The Morgan fingerprint density at radius 1 is 1.13 bits per heavy atom. The maximum Gasteiger partial charge on any atom is 0.254 e. The molecular weight excluding hydrogens is 386 g/mol. The molecule has 1 N–H and O–H groups in total. The molecular formula is C25H31N5O. The number of hydrogen-bond donors (Lipinski definition) is 1. The fourth-order valence-corrected chi connectivity index (χ4v) is 5.76. The van der Waals surface area contributed by atoms with Crippen molar-refractivity contribution >= 4 is 11.3 Å². The number of rotatable bonds is 3. The molecule has 1 spiro atoms. The maximum absolute atomic E-state index is 12.8. The number of piperazine rings is 1. The molecule has 2 aromatic rings. The monoisotopic (exact) mass is 417 g/mol. The van der Waals surface area contributed by atoms with E-state index in [2.05, 4.69) is 38.0 Å². The molecule has 4 aliphatic rings. The Hall–Kier alpha value is -2.47. The average Bonchev–Trinajstić information content (AvgIpc) is 3.34. The van der Waals surface area contributed by atoms with Crippen LogP contribution in [-0.2, 0) is 12.8 Å². The van der Waals surface area contributed by atoms with Crippen LogP contribution in [0.5, 0.6) is 0 Å². The first-order valence-corrected chi connectivity index (χ1v) is 11.8. The third kappa shape index (κ3) is 3.61. The van der Waals surface area contributed by atoms with E-state index in [1.54, 1.807) is 0 Å². The lowest BCUT2D eigenvalue weighted by Gasteiger charge is -2.38. The van der Waals surface area contributed by atoms with E-state index in [0.29, 0.717) is 11.5 Å². The van der Waals surface area contributed by atoms with Gasteiger partial charge in [0, 0.05) is 55.4 Å². The number of pyridine rings is 1. The summed E-state index contributed by atoms with van der Waals surface area (Å²) in [7, 11) is 0. The molecule has 0 bridgehead atoms. The van der Waals surface area contributed by atoms with Crippen molar-refractivity contribution in [1.82, 2.24) is 19.9 Å². The van der Waals surface area contributed by atoms with Crippen LogP contribution < -0.4 is 10.5 Å². The zero-order valence-corrected chi connectivity index (χ0v) is 18.4. The molecule has 0 radical (unpaired) electrons. The van der Waals surface area contributed by atoms with Gasteiger partial charge in [-0.25, -0.2) is 4.98 Å². The number of hydrogen-bond acceptors (Lipinski definition) is 5. The number of anilines is 1. The molecule has 0 amide bonds. The highest BCUT2D eigenvalue weighted by atomic mass is 16.1. The Morgan fingerprint density at radius 2 is 1.97 bits per heavy atom. The Labute approximate surface area is 183 Å². The van der Waals surface area contributed by atoms with Gasteiger partial charge in [0.25, 0.3) is 5.56 Å². The number of aromatic nitrogens is 3. The van der Waals surface area contributed by atoms with Gasteiger partial charge < -0.3 is 9.88 Å². The predicted octanol–water partition coefficient (Wildman–Crippen LogP) is 3.11. The molecule has 162 valence electrons. The second-order valence-corrected chi connectivity index (χ2v) is 9.99. The van der Waals surface area contributed by atoms with Gasteiger partial charge in [-0.2, -0.15) is 0 Å². The van der Waals surface area contributed by atoms with Gasteiger partial charge in [-0.05, 0) is 75.0 Å². The van der Waals surface area contributed by atoms with Crippen LogP contribution in [0.1, 0.15) is 54.9 Å². The number of aromatic amines is 1. The SMILES string of the molecule is Cc1cc(N2CCN([C@H]3C=C(c4nc5c(c(=O)[nH]4)CC4(CC5)CC4)CC3)CC2)ccn1. The van der Waals surface area contributed by atoms with Crippen LogP contribution in [0.2, 0.25) is 0 Å². The zero-order valence-electron chi connectivity index (χ0n) is 18.4. The van der Waals surface area contributed by atoms with Gasteiger partial charge in [-0.3, -0.25) is 14.7 Å². The number of fused-ring (bicyclic) bond motifs is 1. The summed E-state index contributed by atoms with van der Waals surface area (Å²) >= 11 is 0. The minimum atomic E-state index is 0.108. The molecule has 1 aliphatic heterocycles. The molecule has 0 unspecified atom stereocenters. The molecule has 3 heterocycles. The number of H-pyrrole nitrogens is 1. The van der Waals surface area contributed by atoms with Gasteiger partial charge in [0.05, 0.1) is 5.69 Å². The summed E-state index contributed by atoms with van der Waals surface area (Å²) in [5, 5.41) is 0. The van der Waals surface area contributed by atoms with Gasteiger partial charge in [0.15, 0.2) is 0 Å². The second-order valence-electron chi connectivity index (χ2n) is 9.99. The molecule has 2 fully saturated rings. The molecule has 1 atom stereocenters. The molecule has 6 heteroatoms. The van der Waals surface area contributed by atoms with Crippen LogP contribution >= 0.6 is 0 Å². The summed E-state index contributed by atoms with van der Waals surface area (Å²) in [6, 6.07) is 4.73. The maximum atomic E-state index is 12.8. The van der Waals surface area contributed by atoms with Crippen molar-refractivity contribution in [2.75, 3.05) is 31.1 Å². The highest BCUT2D eigenvalue weighted by Crippen LogP contribution is 2.53. The first-order chi connectivity index (χ1) is 15.1. The molecule has 6 rings (SSSR count). The van der Waals surface area contributed by atoms with Crippen LogP contribution in [0.15, 0.2) is 29.2 Å². The van der Waals surface area contributed by atoms with E-state index in [1.807, 2.05) is 13.1 Å². The average molecular weight is 418 g/mol. The first-order valence-electron chi connectivity index (χ1n) is 11.8. The molecule has 2 aromatic heterocycles. The number of nitrogens with zero attached hydrogens (tertiary/aromatic N) is 4. The van der Waals surface area contributed by atoms with E-state index >= 15 is 0 Å². The van der Waals surface area contributed by atoms with Gasteiger partial charge in [0.1, 0.15) is 5.82 Å². The van der Waals surface area contributed by atoms with Crippen molar-refractivity contribution < 1.29 is 0 Å². The minimum absolute atomic E-state index is 0.108. The molecule has 3 aliphatic carbocycles. The summed E-state index contributed by atoms with van der Waals surface area (Å²) in [5.74, 6) is 0.823. The normalized spacial score (nSPS) is 24.9. The Kier molecular flexibility index (Phi) is 4.53. The summed E-state index contributed by atoms with van der Waals surface area (Å²) < 4.78 is 0. The standard InChI is InChI=1S/C25H31N5O/c1-17-14-20(5-9-26-17)30-12-10-29(11-13-30)19-3-2-18(15-19)23-27-22-4-6-25(7-8-25)16-21(22)24(31)28-23/h5,9,14-15,19H,2-4,6-8,10-13,16H2,1H3,(H,27,28,31)/t19-/m1/s1. The molecule has 0 aromatic carbocycles. The lowest BCUT2D eigenvalue weighted by atomic mass is 9.84. The van der Waals surface area contributed by atoms with E-state index < -0.39 is 0 Å². The van der Waals surface area contributed by atoms with Gasteiger partial charge in [-0.15, -0.1) is 0 Å². The van der Waals surface area contributed by atoms with Gasteiger partial charge >= 0.3 is 0 Å². The van der Waals surface area contributed by atoms with E-state index in [-0.39, 0.29) is 5.56 Å². The van der Waals surface area contributed by atoms with Crippen molar-refractivity contribution in [1.29, 1.82) is 0 Å². The van der Waals surface area contributed by atoms with Crippen molar-refractivity contribution in [3.05, 3.63) is 57.5 Å². The van der Waals surface area contributed by atoms with E-state index in [4.69, 9.17) is 4.98 Å². The van der Waals surface area contributed by atoms with Crippen LogP contribution in [0.3, 0.4) is 0 Å². The van der Waals surface area contributed by atoms with Gasteiger partial charge in [-0.1, -0.05) is 6.08 Å². The quantitative estimate of drug-likeness (QED) is 0.831. The van der Waals surface area contributed by atoms with E-state index in [9.17, 15) is 4.79 Å². The van der Waals surface area contributed by atoms with Crippen molar-refractivity contribution in [2.24, 2.45) is 5.41 Å². The van der Waals surface area contributed by atoms with Crippen molar-refractivity contribution in [2.45, 2.75) is 57.9 Å². The molecule has 31 heavy (non-hydrogen) atoms. The smallest absolute Gasteiger partial charge is 0.254 e. The van der Waals surface area contributed by atoms with Gasteiger partial charge in [0.2, 0.25) is 0 Å². The van der Waals surface area contributed by atoms with Crippen LogP contribution in [0.25, 0.3) is 5.57 Å². The highest BCUT2D eigenvalue weighted by molar-refractivity contribution is 5.63. The fraction of sp³-hybridized carbons (Fsp3) is 0.560. The van der Waals surface area contributed by atoms with E-state index in [1.165, 1.54) is 30.5 Å². The van der Waals surface area contributed by atoms with Crippen LogP contribution in [-0.4, -0.2) is 52.1 Å². The lowest BCUT2D eigenvalue weighted by molar-refractivity contribution is 0.214. The second kappa shape index (κ2) is 7.30. The Balaban J connectivity index is 1.15. The topological polar surface area (TPSA) is 65.1 Å². The minimum Gasteiger partial charge on any atom is -0.369 e. The van der Waals surface area contributed by atoms with Crippen LogP contribution in [0.4, 0.5) is 5.69 Å². The number of allylic oxidation sites excluding steroid dienone is 1. The Morgan fingerprint density at radius 3 is 2.74 bits per heavy atom. The summed E-state index contributed by atoms with van der Waals surface area (Å²) in [6.45, 7) is 6.25. The van der Waals surface area contributed by atoms with Crippen molar-refractivity contribution in [3.8, 4) is 0 Å². The third-order valence-electron chi connectivity index (χ3n) is 7.94. The van der Waals surface area contributed by atoms with Crippen LogP contribution in [0, 0.1) is 12.3 Å². The summed E-state index contributed by atoms with van der Waals surface area (Å²) in [4.78, 5) is 30.2. The third-order valence-corrected chi connectivity index (χ3v) is 7.94. The van der Waals surface area contributed by atoms with E-state index in [0.717, 1.165) is 74.6 Å². The number of nitrogens with one attached hydrogen (secondary N) is 1. The number of aryl methyl sites for hydroxylation is 2. The predicted molar refractivity (Wildman–Crippen MR) is 122 cm³/mol. The molecule has 1 saturated carbocycles.